The number of fused-ring (bicyclic) bond motifs is 1. The van der Waals surface area contributed by atoms with Crippen LogP contribution < -0.4 is 5.73 Å². The number of ether oxygens (including phenoxy) is 2. The highest BCUT2D eigenvalue weighted by Gasteiger charge is 2.45. The predicted molar refractivity (Wildman–Crippen MR) is 159 cm³/mol. The summed E-state index contributed by atoms with van der Waals surface area (Å²) in [7, 11) is -2.57. The first-order valence-electron chi connectivity index (χ1n) is 13.0. The van der Waals surface area contributed by atoms with E-state index in [1.165, 1.54) is 33.6 Å². The fraction of sp³-hybridized carbons (Fsp3) is 0.310. The summed E-state index contributed by atoms with van der Waals surface area (Å²) in [6.07, 6.45) is 9.62. The molecule has 1 fully saturated rings. The SMILES string of the molecule is COCOC1(c2ncc(C3=CCC(C)(S(=O)(=O)n4c(-c5ccc(N)c(F)c5)cc5cccnc54)C=C3Cl)s2)CCC1. The van der Waals surface area contributed by atoms with E-state index in [1.807, 2.05) is 6.08 Å². The van der Waals surface area contributed by atoms with Crippen LogP contribution in [0.5, 0.6) is 0 Å². The third-order valence-electron chi connectivity index (χ3n) is 7.82. The van der Waals surface area contributed by atoms with Gasteiger partial charge in [-0.05, 0) is 69.0 Å². The Morgan fingerprint density at radius 3 is 2.71 bits per heavy atom. The van der Waals surface area contributed by atoms with Crippen LogP contribution in [0.4, 0.5) is 10.1 Å². The number of halogens is 2. The van der Waals surface area contributed by atoms with Crippen molar-refractivity contribution in [3.05, 3.63) is 81.7 Å². The summed E-state index contributed by atoms with van der Waals surface area (Å²) in [5.41, 5.74) is 6.81. The fourth-order valence-corrected chi connectivity index (χ4v) is 8.74. The maximum absolute atomic E-state index is 14.4. The molecular weight excluding hydrogens is 587 g/mol. The maximum Gasteiger partial charge on any atom is 0.250 e. The summed E-state index contributed by atoms with van der Waals surface area (Å²) in [5, 5.41) is 1.77. The van der Waals surface area contributed by atoms with Gasteiger partial charge in [0.05, 0.1) is 16.3 Å². The van der Waals surface area contributed by atoms with Crippen molar-refractivity contribution in [3.8, 4) is 11.3 Å². The molecule has 1 atom stereocenters. The average Bonchev–Trinajstić information content (AvgIpc) is 3.56. The third-order valence-corrected chi connectivity index (χ3v) is 11.7. The van der Waals surface area contributed by atoms with Gasteiger partial charge in [0.1, 0.15) is 28.0 Å². The van der Waals surface area contributed by atoms with Crippen LogP contribution in [-0.2, 0) is 25.1 Å². The number of allylic oxidation sites excluding steroid dienone is 3. The van der Waals surface area contributed by atoms with E-state index in [9.17, 15) is 12.8 Å². The van der Waals surface area contributed by atoms with Gasteiger partial charge < -0.3 is 15.2 Å². The molecule has 2 aliphatic rings. The zero-order chi connectivity index (χ0) is 29.0. The van der Waals surface area contributed by atoms with E-state index in [0.29, 0.717) is 16.0 Å². The van der Waals surface area contributed by atoms with E-state index in [1.54, 1.807) is 50.6 Å². The van der Waals surface area contributed by atoms with Crippen molar-refractivity contribution in [2.45, 2.75) is 43.0 Å². The summed E-state index contributed by atoms with van der Waals surface area (Å²) >= 11 is 8.30. The quantitative estimate of drug-likeness (QED) is 0.180. The fourth-order valence-electron chi connectivity index (χ4n) is 5.25. The lowest BCUT2D eigenvalue weighted by Crippen LogP contribution is -2.39. The Bertz CT molecular complexity index is 1830. The topological polar surface area (TPSA) is 109 Å². The maximum atomic E-state index is 14.4. The summed E-state index contributed by atoms with van der Waals surface area (Å²) in [6, 6.07) is 9.41. The molecule has 0 spiro atoms. The largest absolute Gasteiger partial charge is 0.396 e. The first kappa shape index (κ1) is 28.0. The van der Waals surface area contributed by atoms with E-state index in [0.717, 1.165) is 34.7 Å². The lowest BCUT2D eigenvalue weighted by atomic mass is 9.80. The van der Waals surface area contributed by atoms with Crippen LogP contribution >= 0.6 is 22.9 Å². The molecule has 1 unspecified atom stereocenters. The molecule has 1 aromatic carbocycles. The number of rotatable bonds is 8. The second kappa shape index (κ2) is 10.3. The van der Waals surface area contributed by atoms with Gasteiger partial charge in [0.15, 0.2) is 5.65 Å². The molecule has 3 aromatic heterocycles. The van der Waals surface area contributed by atoms with Gasteiger partial charge in [-0.15, -0.1) is 11.3 Å². The Morgan fingerprint density at radius 1 is 1.22 bits per heavy atom. The molecule has 4 aromatic rings. The van der Waals surface area contributed by atoms with Crippen LogP contribution in [0.25, 0.3) is 27.9 Å². The predicted octanol–water partition coefficient (Wildman–Crippen LogP) is 6.43. The van der Waals surface area contributed by atoms with Gasteiger partial charge in [0.2, 0.25) is 10.0 Å². The molecule has 12 heteroatoms. The summed E-state index contributed by atoms with van der Waals surface area (Å²) in [5.74, 6) is -0.635. The monoisotopic (exact) mass is 614 g/mol. The molecule has 2 aliphatic carbocycles. The average molecular weight is 615 g/mol. The first-order chi connectivity index (χ1) is 19.6. The van der Waals surface area contributed by atoms with Gasteiger partial charge in [0, 0.05) is 41.1 Å². The van der Waals surface area contributed by atoms with Crippen molar-refractivity contribution in [1.82, 2.24) is 13.9 Å². The van der Waals surface area contributed by atoms with Crippen molar-refractivity contribution in [3.63, 3.8) is 0 Å². The number of anilines is 1. The van der Waals surface area contributed by atoms with Gasteiger partial charge in [-0.1, -0.05) is 23.7 Å². The van der Waals surface area contributed by atoms with Crippen LogP contribution in [0.15, 0.2) is 66.0 Å². The number of thiazole rings is 1. The van der Waals surface area contributed by atoms with Crippen molar-refractivity contribution < 1.29 is 22.3 Å². The van der Waals surface area contributed by atoms with Gasteiger partial charge in [-0.25, -0.2) is 26.7 Å². The highest BCUT2D eigenvalue weighted by molar-refractivity contribution is 7.91. The molecule has 6 rings (SSSR count). The molecular formula is C29H28ClFN4O4S2. The smallest absolute Gasteiger partial charge is 0.250 e. The molecule has 0 bridgehead atoms. The number of nitrogens with two attached hydrogens (primary N) is 1. The zero-order valence-electron chi connectivity index (χ0n) is 22.4. The lowest BCUT2D eigenvalue weighted by Gasteiger charge is -2.39. The second-order valence-corrected chi connectivity index (χ2v) is 14.2. The van der Waals surface area contributed by atoms with Crippen LogP contribution in [0.1, 0.15) is 42.5 Å². The van der Waals surface area contributed by atoms with Crippen LogP contribution in [-0.4, -0.2) is 41.0 Å². The van der Waals surface area contributed by atoms with E-state index in [-0.39, 0.29) is 30.2 Å². The Labute approximate surface area is 246 Å². The summed E-state index contributed by atoms with van der Waals surface area (Å²) in [6.45, 7) is 1.81. The molecule has 41 heavy (non-hydrogen) atoms. The molecule has 8 nitrogen and oxygen atoms in total. The standard InChI is InChI=1S/C29H28ClFN4O4S2/c1-28(11-8-20(21(30)15-28)25-16-34-27(40-25)29(9-4-10-29)39-17-38-2)41(36,37)35-24(14-19-5-3-12-33-26(19)35)18-6-7-23(32)22(31)13-18/h3,5-8,12-16H,4,9-11,17,32H2,1-2H3. The molecule has 3 heterocycles. The first-order valence-corrected chi connectivity index (χ1v) is 15.7. The van der Waals surface area contributed by atoms with Gasteiger partial charge in [0.25, 0.3) is 0 Å². The number of benzene rings is 1. The molecule has 0 saturated heterocycles. The number of hydrogen-bond acceptors (Lipinski definition) is 8. The lowest BCUT2D eigenvalue weighted by molar-refractivity contribution is -0.171. The number of nitrogens with zero attached hydrogens (tertiary/aromatic N) is 3. The minimum atomic E-state index is -4.16. The summed E-state index contributed by atoms with van der Waals surface area (Å²) < 4.78 is 54.2. The van der Waals surface area contributed by atoms with E-state index in [4.69, 9.17) is 26.8 Å². The normalized spacial score (nSPS) is 20.5. The molecule has 214 valence electrons. The number of methoxy groups -OCH3 is 1. The highest BCUT2D eigenvalue weighted by Crippen LogP contribution is 2.48. The zero-order valence-corrected chi connectivity index (χ0v) is 24.8. The van der Waals surface area contributed by atoms with Gasteiger partial charge >= 0.3 is 0 Å². The molecule has 1 saturated carbocycles. The number of aromatic nitrogens is 3. The molecule has 2 N–H and O–H groups in total. The van der Waals surface area contributed by atoms with E-state index < -0.39 is 26.2 Å². The Balaban J connectivity index is 1.38. The van der Waals surface area contributed by atoms with Crippen molar-refractivity contribution in [2.75, 3.05) is 19.6 Å². The van der Waals surface area contributed by atoms with E-state index in [2.05, 4.69) is 9.97 Å². The highest BCUT2D eigenvalue weighted by atomic mass is 35.5. The van der Waals surface area contributed by atoms with Crippen molar-refractivity contribution in [2.24, 2.45) is 0 Å². The summed E-state index contributed by atoms with van der Waals surface area (Å²) in [4.78, 5) is 9.84. The second-order valence-electron chi connectivity index (χ2n) is 10.5. The van der Waals surface area contributed by atoms with Crippen LogP contribution in [0, 0.1) is 5.82 Å². The number of nitrogen functional groups attached to an aromatic ring is 1. The third kappa shape index (κ3) is 4.60. The van der Waals surface area contributed by atoms with Crippen LogP contribution in [0.2, 0.25) is 0 Å². The molecule has 0 aliphatic heterocycles. The van der Waals surface area contributed by atoms with E-state index >= 15 is 0 Å². The van der Waals surface area contributed by atoms with Crippen molar-refractivity contribution >= 4 is 55.3 Å². The Hall–Kier alpha value is -3.09. The van der Waals surface area contributed by atoms with Gasteiger partial charge in [-0.3, -0.25) is 0 Å². The van der Waals surface area contributed by atoms with Gasteiger partial charge in [-0.2, -0.15) is 0 Å². The number of pyridine rings is 1. The van der Waals surface area contributed by atoms with Crippen molar-refractivity contribution in [1.29, 1.82) is 0 Å². The molecule has 0 radical (unpaired) electrons. The Kier molecular flexibility index (Phi) is 7.06. The minimum Gasteiger partial charge on any atom is -0.396 e. The Morgan fingerprint density at radius 2 is 2.02 bits per heavy atom. The molecule has 0 amide bonds. The number of hydrogen-bond donors (Lipinski definition) is 1. The van der Waals surface area contributed by atoms with Crippen LogP contribution in [0.3, 0.4) is 0 Å². The minimum absolute atomic E-state index is 0.0243.